The first kappa shape index (κ1) is 16.2. The van der Waals surface area contributed by atoms with Crippen molar-refractivity contribution in [1.82, 2.24) is 14.8 Å². The molecule has 3 rings (SSSR count). The van der Waals surface area contributed by atoms with Crippen molar-refractivity contribution in [2.45, 2.75) is 38.6 Å². The van der Waals surface area contributed by atoms with Crippen molar-refractivity contribution in [2.75, 3.05) is 44.7 Å². The van der Waals surface area contributed by atoms with E-state index in [1.165, 1.54) is 6.42 Å². The zero-order valence-electron chi connectivity index (χ0n) is 14.4. The van der Waals surface area contributed by atoms with E-state index < -0.39 is 0 Å². The highest BCUT2D eigenvalue weighted by Crippen LogP contribution is 2.22. The number of amides is 1. The fourth-order valence-corrected chi connectivity index (χ4v) is 3.60. The summed E-state index contributed by atoms with van der Waals surface area (Å²) in [6, 6.07) is 4.34. The van der Waals surface area contributed by atoms with Crippen LogP contribution in [0.25, 0.3) is 0 Å². The molecule has 2 aliphatic heterocycles. The molecule has 1 amide bonds. The molecule has 1 aromatic rings. The number of carbonyl (C=O) groups excluding carboxylic acids is 1. The second-order valence-corrected chi connectivity index (χ2v) is 6.75. The van der Waals surface area contributed by atoms with Gasteiger partial charge >= 0.3 is 0 Å². The summed E-state index contributed by atoms with van der Waals surface area (Å²) < 4.78 is 0. The van der Waals surface area contributed by atoms with Gasteiger partial charge in [-0.3, -0.25) is 4.79 Å². The van der Waals surface area contributed by atoms with E-state index in [1.807, 2.05) is 17.2 Å². The highest BCUT2D eigenvalue weighted by Gasteiger charge is 2.27. The summed E-state index contributed by atoms with van der Waals surface area (Å²) in [5.41, 5.74) is 1.71. The standard InChI is InChI=1S/C18H28N4O/c1-3-15-6-4-5-9-22(15)18(23)17-8-7-16(14-19-17)21-12-10-20(2)11-13-21/h7-8,14-15H,3-6,9-13H2,1-2H3. The summed E-state index contributed by atoms with van der Waals surface area (Å²) in [5.74, 6) is 0.0986. The van der Waals surface area contributed by atoms with E-state index >= 15 is 0 Å². The maximum Gasteiger partial charge on any atom is 0.272 e. The maximum absolute atomic E-state index is 12.7. The lowest BCUT2D eigenvalue weighted by atomic mass is 9.99. The number of hydrogen-bond donors (Lipinski definition) is 0. The minimum absolute atomic E-state index is 0.0986. The van der Waals surface area contributed by atoms with Crippen molar-refractivity contribution >= 4 is 11.6 Å². The molecular weight excluding hydrogens is 288 g/mol. The normalized spacial score (nSPS) is 23.1. The van der Waals surface area contributed by atoms with Crippen molar-refractivity contribution in [2.24, 2.45) is 0 Å². The summed E-state index contributed by atoms with van der Waals surface area (Å²) in [5, 5.41) is 0. The molecule has 5 heteroatoms. The van der Waals surface area contributed by atoms with Crippen LogP contribution in [0.2, 0.25) is 0 Å². The number of likely N-dealkylation sites (N-methyl/N-ethyl adjacent to an activating group) is 1. The molecule has 0 aliphatic carbocycles. The molecule has 1 unspecified atom stereocenters. The predicted molar refractivity (Wildman–Crippen MR) is 92.9 cm³/mol. The lowest BCUT2D eigenvalue weighted by Gasteiger charge is -2.35. The second kappa shape index (κ2) is 7.30. The molecule has 2 fully saturated rings. The van der Waals surface area contributed by atoms with Crippen LogP contribution in [0.3, 0.4) is 0 Å². The van der Waals surface area contributed by atoms with Crippen LogP contribution in [0, 0.1) is 0 Å². The smallest absolute Gasteiger partial charge is 0.272 e. The Bertz CT molecular complexity index is 522. The van der Waals surface area contributed by atoms with Crippen molar-refractivity contribution in [3.8, 4) is 0 Å². The first-order valence-corrected chi connectivity index (χ1v) is 8.89. The molecule has 0 bridgehead atoms. The minimum atomic E-state index is 0.0986. The third kappa shape index (κ3) is 3.66. The highest BCUT2D eigenvalue weighted by atomic mass is 16.2. The van der Waals surface area contributed by atoms with Crippen LogP contribution >= 0.6 is 0 Å². The number of hydrogen-bond acceptors (Lipinski definition) is 4. The summed E-state index contributed by atoms with van der Waals surface area (Å²) in [4.78, 5) is 23.9. The van der Waals surface area contributed by atoms with Gasteiger partial charge in [0, 0.05) is 38.8 Å². The second-order valence-electron chi connectivity index (χ2n) is 6.75. The van der Waals surface area contributed by atoms with Crippen LogP contribution in [-0.2, 0) is 0 Å². The Morgan fingerprint density at radius 1 is 1.17 bits per heavy atom. The molecule has 3 heterocycles. The van der Waals surface area contributed by atoms with Crippen LogP contribution in [0.1, 0.15) is 43.1 Å². The van der Waals surface area contributed by atoms with Crippen molar-refractivity contribution < 1.29 is 4.79 Å². The monoisotopic (exact) mass is 316 g/mol. The van der Waals surface area contributed by atoms with Crippen LogP contribution in [0.5, 0.6) is 0 Å². The predicted octanol–water partition coefficient (Wildman–Crippen LogP) is 2.24. The van der Waals surface area contributed by atoms with Gasteiger partial charge in [-0.15, -0.1) is 0 Å². The average molecular weight is 316 g/mol. The number of piperazine rings is 1. The molecule has 126 valence electrons. The van der Waals surface area contributed by atoms with E-state index in [-0.39, 0.29) is 5.91 Å². The van der Waals surface area contributed by atoms with Gasteiger partial charge in [0.15, 0.2) is 0 Å². The summed E-state index contributed by atoms with van der Waals surface area (Å²) in [7, 11) is 2.15. The maximum atomic E-state index is 12.7. The van der Waals surface area contributed by atoms with Crippen LogP contribution in [0.4, 0.5) is 5.69 Å². The Morgan fingerprint density at radius 2 is 1.96 bits per heavy atom. The molecule has 0 saturated carbocycles. The molecule has 2 aliphatic rings. The van der Waals surface area contributed by atoms with Gasteiger partial charge < -0.3 is 14.7 Å². The third-order valence-corrected chi connectivity index (χ3v) is 5.19. The van der Waals surface area contributed by atoms with Crippen LogP contribution in [-0.4, -0.2) is 66.5 Å². The molecule has 0 spiro atoms. The number of nitrogens with zero attached hydrogens (tertiary/aromatic N) is 4. The number of piperidine rings is 1. The van der Waals surface area contributed by atoms with E-state index in [9.17, 15) is 4.79 Å². The van der Waals surface area contributed by atoms with Gasteiger partial charge in [0.25, 0.3) is 5.91 Å². The molecule has 1 atom stereocenters. The van der Waals surface area contributed by atoms with Crippen LogP contribution in [0.15, 0.2) is 18.3 Å². The van der Waals surface area contributed by atoms with E-state index in [2.05, 4.69) is 34.8 Å². The van der Waals surface area contributed by atoms with Gasteiger partial charge in [-0.1, -0.05) is 6.92 Å². The van der Waals surface area contributed by atoms with E-state index in [4.69, 9.17) is 0 Å². The van der Waals surface area contributed by atoms with Gasteiger partial charge in [-0.25, -0.2) is 4.98 Å². The quantitative estimate of drug-likeness (QED) is 0.857. The number of likely N-dealkylation sites (tertiary alicyclic amines) is 1. The van der Waals surface area contributed by atoms with Gasteiger partial charge in [0.05, 0.1) is 11.9 Å². The van der Waals surface area contributed by atoms with Crippen molar-refractivity contribution in [3.63, 3.8) is 0 Å². The first-order valence-electron chi connectivity index (χ1n) is 8.89. The Kier molecular flexibility index (Phi) is 5.16. The van der Waals surface area contributed by atoms with Crippen molar-refractivity contribution in [1.29, 1.82) is 0 Å². The molecule has 0 radical (unpaired) electrons. The van der Waals surface area contributed by atoms with Crippen molar-refractivity contribution in [3.05, 3.63) is 24.0 Å². The largest absolute Gasteiger partial charge is 0.368 e. The van der Waals surface area contributed by atoms with E-state index in [1.54, 1.807) is 0 Å². The molecule has 0 N–H and O–H groups in total. The SMILES string of the molecule is CCC1CCCCN1C(=O)c1ccc(N2CCN(C)CC2)cn1. The fraction of sp³-hybridized carbons (Fsp3) is 0.667. The fourth-order valence-electron chi connectivity index (χ4n) is 3.60. The molecule has 5 nitrogen and oxygen atoms in total. The number of pyridine rings is 1. The first-order chi connectivity index (χ1) is 11.2. The molecule has 1 aromatic heterocycles. The molecule has 0 aromatic carbocycles. The molecular formula is C18H28N4O. The number of anilines is 1. The topological polar surface area (TPSA) is 39.7 Å². The third-order valence-electron chi connectivity index (χ3n) is 5.19. The van der Waals surface area contributed by atoms with E-state index in [0.29, 0.717) is 11.7 Å². The minimum Gasteiger partial charge on any atom is -0.368 e. The zero-order valence-corrected chi connectivity index (χ0v) is 14.4. The number of rotatable bonds is 3. The average Bonchev–Trinajstić information content (AvgIpc) is 2.62. The van der Waals surface area contributed by atoms with E-state index in [0.717, 1.165) is 57.7 Å². The Labute approximate surface area is 139 Å². The van der Waals surface area contributed by atoms with Gasteiger partial charge in [-0.2, -0.15) is 0 Å². The van der Waals surface area contributed by atoms with Gasteiger partial charge in [0.2, 0.25) is 0 Å². The number of carbonyl (C=O) groups is 1. The van der Waals surface area contributed by atoms with Gasteiger partial charge in [0.1, 0.15) is 5.69 Å². The lowest BCUT2D eigenvalue weighted by Crippen LogP contribution is -2.45. The summed E-state index contributed by atoms with van der Waals surface area (Å²) in [6.45, 7) is 7.24. The molecule has 2 saturated heterocycles. The highest BCUT2D eigenvalue weighted by molar-refractivity contribution is 5.92. The summed E-state index contributed by atoms with van der Waals surface area (Å²) in [6.07, 6.45) is 6.37. The molecule has 23 heavy (non-hydrogen) atoms. The number of aromatic nitrogens is 1. The Balaban J connectivity index is 1.67. The van der Waals surface area contributed by atoms with Gasteiger partial charge in [-0.05, 0) is 44.9 Å². The Hall–Kier alpha value is -1.62. The Morgan fingerprint density at radius 3 is 2.61 bits per heavy atom. The zero-order chi connectivity index (χ0) is 16.2. The lowest BCUT2D eigenvalue weighted by molar-refractivity contribution is 0.0602. The summed E-state index contributed by atoms with van der Waals surface area (Å²) >= 11 is 0. The van der Waals surface area contributed by atoms with Crippen LogP contribution < -0.4 is 4.90 Å².